The monoisotopic (exact) mass is 671 g/mol. The number of carbonyl (C=O) groups excluding carboxylic acids is 1. The largest absolute Gasteiger partial charge is 0.573 e. The Hall–Kier alpha value is -5.67. The van der Waals surface area contributed by atoms with Crippen molar-refractivity contribution in [3.8, 4) is 33.8 Å². The van der Waals surface area contributed by atoms with E-state index in [2.05, 4.69) is 30.4 Å². The van der Waals surface area contributed by atoms with E-state index in [1.807, 2.05) is 6.92 Å². The summed E-state index contributed by atoms with van der Waals surface area (Å²) in [5.41, 5.74) is 4.50. The maximum absolute atomic E-state index is 12.9. The van der Waals surface area contributed by atoms with Gasteiger partial charge in [-0.1, -0.05) is 18.2 Å². The number of pyridine rings is 2. The molecular weight excluding hydrogens is 644 g/mol. The molecule has 16 heteroatoms. The Kier molecular flexibility index (Phi) is 9.27. The van der Waals surface area contributed by atoms with Gasteiger partial charge in [0.1, 0.15) is 17.3 Å². The van der Waals surface area contributed by atoms with Gasteiger partial charge >= 0.3 is 12.5 Å². The molecule has 0 saturated heterocycles. The van der Waals surface area contributed by atoms with E-state index in [1.54, 1.807) is 60.8 Å². The number of hydrogen-bond donors (Lipinski definition) is 1. The number of aryl methyl sites for hydroxylation is 2. The number of nitrogens with one attached hydrogen (secondary N) is 1. The van der Waals surface area contributed by atoms with Crippen molar-refractivity contribution in [1.82, 2.24) is 29.2 Å². The maximum atomic E-state index is 12.9. The molecule has 0 atom stereocenters. The molecule has 0 aliphatic rings. The second-order valence-electron chi connectivity index (χ2n) is 10.4. The number of amides is 1. The van der Waals surface area contributed by atoms with Gasteiger partial charge in [0.15, 0.2) is 11.3 Å². The minimum Gasteiger partial charge on any atom is -0.494 e. The van der Waals surface area contributed by atoms with Gasteiger partial charge < -0.3 is 14.8 Å². The SMILES string of the molecule is CC(=O)Nc1cc(-c2ccc(OC(F)(F)F)cc2C)cn2c(C)nnc12.CCOc1ccc(-c2ccc3nnc(C(F)(F)F)n3c2)cc1. The fourth-order valence-electron chi connectivity index (χ4n) is 4.86. The Morgan fingerprint density at radius 2 is 1.46 bits per heavy atom. The maximum Gasteiger partial charge on any atom is 0.573 e. The van der Waals surface area contributed by atoms with Gasteiger partial charge in [-0.15, -0.1) is 33.6 Å². The lowest BCUT2D eigenvalue weighted by Crippen LogP contribution is -2.17. The molecule has 4 aromatic heterocycles. The van der Waals surface area contributed by atoms with E-state index in [1.165, 1.54) is 37.4 Å². The molecule has 0 fully saturated rings. The summed E-state index contributed by atoms with van der Waals surface area (Å²) in [5, 5.41) is 17.5. The van der Waals surface area contributed by atoms with Crippen LogP contribution in [0.3, 0.4) is 0 Å². The third kappa shape index (κ3) is 7.65. The fourth-order valence-corrected chi connectivity index (χ4v) is 4.86. The molecule has 0 aliphatic heterocycles. The van der Waals surface area contributed by atoms with Crippen LogP contribution in [0, 0.1) is 13.8 Å². The predicted molar refractivity (Wildman–Crippen MR) is 163 cm³/mol. The Labute approximate surface area is 269 Å². The Morgan fingerprint density at radius 3 is 2.08 bits per heavy atom. The molecule has 0 unspecified atom stereocenters. The molecule has 0 aliphatic carbocycles. The van der Waals surface area contributed by atoms with Gasteiger partial charge in [-0.3, -0.25) is 13.6 Å². The van der Waals surface area contributed by atoms with Gasteiger partial charge in [0, 0.05) is 24.9 Å². The molecule has 250 valence electrons. The van der Waals surface area contributed by atoms with Crippen LogP contribution in [-0.2, 0) is 11.0 Å². The van der Waals surface area contributed by atoms with E-state index >= 15 is 0 Å². The quantitative estimate of drug-likeness (QED) is 0.181. The van der Waals surface area contributed by atoms with E-state index in [0.29, 0.717) is 51.8 Å². The van der Waals surface area contributed by atoms with Crippen LogP contribution in [0.4, 0.5) is 32.0 Å². The summed E-state index contributed by atoms with van der Waals surface area (Å²) in [6.45, 7) is 7.25. The van der Waals surface area contributed by atoms with Crippen LogP contribution in [0.25, 0.3) is 33.5 Å². The Morgan fingerprint density at radius 1 is 0.792 bits per heavy atom. The van der Waals surface area contributed by atoms with E-state index in [-0.39, 0.29) is 17.3 Å². The van der Waals surface area contributed by atoms with Crippen LogP contribution >= 0.6 is 0 Å². The number of carbonyl (C=O) groups is 1. The molecule has 6 rings (SSSR count). The van der Waals surface area contributed by atoms with E-state index < -0.39 is 18.4 Å². The lowest BCUT2D eigenvalue weighted by molar-refractivity contribution is -0.274. The van der Waals surface area contributed by atoms with Crippen LogP contribution < -0.4 is 14.8 Å². The fraction of sp³-hybridized carbons (Fsp3) is 0.219. The summed E-state index contributed by atoms with van der Waals surface area (Å²) in [6, 6.07) is 16.2. The Bertz CT molecular complexity index is 2090. The molecule has 1 N–H and O–H groups in total. The minimum atomic E-state index is -4.75. The molecule has 1 amide bonds. The van der Waals surface area contributed by atoms with Gasteiger partial charge in [0.2, 0.25) is 11.7 Å². The highest BCUT2D eigenvalue weighted by Gasteiger charge is 2.37. The summed E-state index contributed by atoms with van der Waals surface area (Å²) in [5.74, 6) is -0.260. The second-order valence-corrected chi connectivity index (χ2v) is 10.4. The van der Waals surface area contributed by atoms with Crippen molar-refractivity contribution in [2.75, 3.05) is 11.9 Å². The van der Waals surface area contributed by atoms with Crippen LogP contribution in [0.1, 0.15) is 31.1 Å². The van der Waals surface area contributed by atoms with Crippen molar-refractivity contribution >= 4 is 22.9 Å². The second kappa shape index (κ2) is 13.2. The number of alkyl halides is 6. The van der Waals surface area contributed by atoms with Crippen molar-refractivity contribution in [2.24, 2.45) is 0 Å². The zero-order chi connectivity index (χ0) is 34.8. The first kappa shape index (κ1) is 33.7. The van der Waals surface area contributed by atoms with Gasteiger partial charge in [0.05, 0.1) is 12.3 Å². The number of nitrogens with zero attached hydrogens (tertiary/aromatic N) is 6. The molecule has 0 saturated carbocycles. The first-order valence-corrected chi connectivity index (χ1v) is 14.3. The summed E-state index contributed by atoms with van der Waals surface area (Å²) >= 11 is 0. The highest BCUT2D eigenvalue weighted by Crippen LogP contribution is 2.33. The number of hydrogen-bond acceptors (Lipinski definition) is 7. The number of aromatic nitrogens is 6. The van der Waals surface area contributed by atoms with Crippen molar-refractivity contribution in [2.45, 2.75) is 40.2 Å². The summed E-state index contributed by atoms with van der Waals surface area (Å²) in [4.78, 5) is 11.5. The van der Waals surface area contributed by atoms with Crippen LogP contribution in [0.2, 0.25) is 0 Å². The zero-order valence-electron chi connectivity index (χ0n) is 25.8. The van der Waals surface area contributed by atoms with Crippen molar-refractivity contribution in [1.29, 1.82) is 0 Å². The number of ether oxygens (including phenoxy) is 2. The van der Waals surface area contributed by atoms with Crippen LogP contribution in [-0.4, -0.2) is 48.1 Å². The van der Waals surface area contributed by atoms with Crippen LogP contribution in [0.5, 0.6) is 11.5 Å². The van der Waals surface area contributed by atoms with Crippen molar-refractivity contribution in [3.05, 3.63) is 90.3 Å². The summed E-state index contributed by atoms with van der Waals surface area (Å²) < 4.78 is 87.7. The lowest BCUT2D eigenvalue weighted by atomic mass is 10.0. The lowest BCUT2D eigenvalue weighted by Gasteiger charge is -2.13. The molecule has 2 aromatic carbocycles. The van der Waals surface area contributed by atoms with Gasteiger partial charge in [-0.2, -0.15) is 13.2 Å². The molecule has 10 nitrogen and oxygen atoms in total. The third-order valence-corrected chi connectivity index (χ3v) is 6.88. The third-order valence-electron chi connectivity index (χ3n) is 6.88. The minimum absolute atomic E-state index is 0.155. The van der Waals surface area contributed by atoms with Gasteiger partial charge in [-0.25, -0.2) is 0 Å². The van der Waals surface area contributed by atoms with Gasteiger partial charge in [-0.05, 0) is 85.5 Å². The topological polar surface area (TPSA) is 108 Å². The van der Waals surface area contributed by atoms with Gasteiger partial charge in [0.25, 0.3) is 0 Å². The number of anilines is 1. The average Bonchev–Trinajstić information content (AvgIpc) is 3.60. The molecule has 6 aromatic rings. The predicted octanol–water partition coefficient (Wildman–Crippen LogP) is 7.68. The highest BCUT2D eigenvalue weighted by atomic mass is 19.4. The Balaban J connectivity index is 0.000000190. The molecule has 0 bridgehead atoms. The molecule has 0 radical (unpaired) electrons. The van der Waals surface area contributed by atoms with Crippen molar-refractivity contribution < 1.29 is 40.6 Å². The molecule has 4 heterocycles. The standard InChI is InChI=1S/C17H15F3N4O2.C15H12F3N3O/c1-9-6-13(26-17(18,19)20)4-5-14(9)12-7-15(21-11(3)25)16-23-22-10(2)24(16)8-12;1-2-22-12-6-3-10(4-7-12)11-5-8-13-19-20-14(15(16,17)18)21(13)9-11/h4-8H,1-3H3,(H,21,25);3-9H,2H2,1H3. The number of benzene rings is 2. The molecular formula is C32H27F6N7O3. The number of fused-ring (bicyclic) bond motifs is 2. The van der Waals surface area contributed by atoms with E-state index in [4.69, 9.17) is 4.74 Å². The number of halogens is 6. The average molecular weight is 672 g/mol. The van der Waals surface area contributed by atoms with E-state index in [0.717, 1.165) is 9.96 Å². The van der Waals surface area contributed by atoms with Crippen molar-refractivity contribution in [3.63, 3.8) is 0 Å². The summed E-state index contributed by atoms with van der Waals surface area (Å²) in [7, 11) is 0. The zero-order valence-corrected chi connectivity index (χ0v) is 25.8. The number of rotatable bonds is 6. The normalized spacial score (nSPS) is 11.7. The smallest absolute Gasteiger partial charge is 0.494 e. The first-order chi connectivity index (χ1) is 22.6. The van der Waals surface area contributed by atoms with Crippen LogP contribution in [0.15, 0.2) is 73.1 Å². The first-order valence-electron chi connectivity index (χ1n) is 14.3. The highest BCUT2D eigenvalue weighted by molar-refractivity contribution is 5.94. The van der Waals surface area contributed by atoms with E-state index in [9.17, 15) is 31.1 Å². The molecule has 0 spiro atoms. The summed E-state index contributed by atoms with van der Waals surface area (Å²) in [6.07, 6.45) is -6.14. The molecule has 48 heavy (non-hydrogen) atoms.